The molecule has 0 aromatic rings. The molecule has 1 amide bonds. The second-order valence-corrected chi connectivity index (χ2v) is 7.87. The molecule has 0 fully saturated rings. The predicted octanol–water partition coefficient (Wildman–Crippen LogP) is 1.23. The number of aliphatic imine (C=N–C) groups is 1. The lowest BCUT2D eigenvalue weighted by Gasteiger charge is -2.19. The summed E-state index contributed by atoms with van der Waals surface area (Å²) >= 11 is 0. The van der Waals surface area contributed by atoms with E-state index in [9.17, 15) is 13.2 Å². The molecule has 0 saturated heterocycles. The van der Waals surface area contributed by atoms with Gasteiger partial charge in [0.15, 0.2) is 0 Å². The molecule has 0 bridgehead atoms. The summed E-state index contributed by atoms with van der Waals surface area (Å²) in [7, 11) is -0.791. The molecule has 0 aliphatic rings. The SMILES string of the molecule is CC(C)=N/C(=C\NS(=O)(=O)N(C)C)CNC(=O)OC(C)(C)C. The zero-order valence-electron chi connectivity index (χ0n) is 14.2. The Kier molecular flexibility index (Phi) is 7.54. The van der Waals surface area contributed by atoms with Crippen LogP contribution in [0.1, 0.15) is 34.6 Å². The van der Waals surface area contributed by atoms with Crippen LogP contribution in [0.5, 0.6) is 0 Å². The summed E-state index contributed by atoms with van der Waals surface area (Å²) in [5.41, 5.74) is 0.474. The summed E-state index contributed by atoms with van der Waals surface area (Å²) in [6, 6.07) is 0. The minimum atomic E-state index is -3.60. The average molecular weight is 334 g/mol. The van der Waals surface area contributed by atoms with Crippen LogP contribution in [-0.4, -0.2) is 50.8 Å². The summed E-state index contributed by atoms with van der Waals surface area (Å²) in [5, 5.41) is 2.53. The van der Waals surface area contributed by atoms with Crippen molar-refractivity contribution in [3.8, 4) is 0 Å². The first-order valence-electron chi connectivity index (χ1n) is 6.71. The van der Waals surface area contributed by atoms with Crippen LogP contribution >= 0.6 is 0 Å². The maximum Gasteiger partial charge on any atom is 0.407 e. The number of carbonyl (C=O) groups is 1. The fraction of sp³-hybridized carbons (Fsp3) is 0.692. The van der Waals surface area contributed by atoms with E-state index < -0.39 is 21.9 Å². The maximum atomic E-state index is 11.7. The Morgan fingerprint density at radius 1 is 1.27 bits per heavy atom. The van der Waals surface area contributed by atoms with E-state index in [1.54, 1.807) is 34.6 Å². The van der Waals surface area contributed by atoms with Gasteiger partial charge in [0.2, 0.25) is 0 Å². The standard InChI is InChI=1S/C13H26N4O4S/c1-10(2)16-11(9-15-22(19,20)17(6)7)8-14-12(18)21-13(3,4)5/h9,15H,8H2,1-7H3,(H,14,18)/b11-9-. The molecule has 22 heavy (non-hydrogen) atoms. The average Bonchev–Trinajstić information content (AvgIpc) is 2.29. The van der Waals surface area contributed by atoms with Crippen molar-refractivity contribution in [3.05, 3.63) is 11.9 Å². The molecule has 0 aromatic carbocycles. The van der Waals surface area contributed by atoms with Gasteiger partial charge in [0, 0.05) is 26.0 Å². The van der Waals surface area contributed by atoms with Crippen LogP contribution in [-0.2, 0) is 14.9 Å². The molecule has 0 aliphatic heterocycles. The topological polar surface area (TPSA) is 100 Å². The van der Waals surface area contributed by atoms with E-state index in [2.05, 4.69) is 15.0 Å². The van der Waals surface area contributed by atoms with E-state index >= 15 is 0 Å². The molecule has 0 atom stereocenters. The number of hydrogen-bond acceptors (Lipinski definition) is 5. The number of ether oxygens (including phenoxy) is 1. The van der Waals surface area contributed by atoms with Crippen LogP contribution in [0.3, 0.4) is 0 Å². The van der Waals surface area contributed by atoms with E-state index in [0.717, 1.165) is 10.0 Å². The van der Waals surface area contributed by atoms with Gasteiger partial charge in [0.05, 0.1) is 12.2 Å². The van der Waals surface area contributed by atoms with Crippen molar-refractivity contribution in [1.29, 1.82) is 0 Å². The zero-order valence-corrected chi connectivity index (χ0v) is 15.0. The number of nitrogens with zero attached hydrogens (tertiary/aromatic N) is 2. The second-order valence-electron chi connectivity index (χ2n) is 5.96. The van der Waals surface area contributed by atoms with Gasteiger partial charge in [-0.1, -0.05) is 0 Å². The smallest absolute Gasteiger partial charge is 0.407 e. The molecular formula is C13H26N4O4S. The lowest BCUT2D eigenvalue weighted by Crippen LogP contribution is -2.35. The predicted molar refractivity (Wildman–Crippen MR) is 86.8 cm³/mol. The van der Waals surface area contributed by atoms with Crippen molar-refractivity contribution < 1.29 is 17.9 Å². The van der Waals surface area contributed by atoms with Gasteiger partial charge in [0.25, 0.3) is 0 Å². The van der Waals surface area contributed by atoms with Crippen molar-refractivity contribution in [2.45, 2.75) is 40.2 Å². The fourth-order valence-corrected chi connectivity index (χ4v) is 1.63. The van der Waals surface area contributed by atoms with Gasteiger partial charge in [-0.05, 0) is 34.6 Å². The van der Waals surface area contributed by atoms with Crippen molar-refractivity contribution >= 4 is 22.0 Å². The Morgan fingerprint density at radius 2 is 1.82 bits per heavy atom. The number of rotatable bonds is 6. The van der Waals surface area contributed by atoms with E-state index in [1.807, 2.05) is 0 Å². The van der Waals surface area contributed by atoms with Crippen LogP contribution in [0, 0.1) is 0 Å². The van der Waals surface area contributed by atoms with Crippen molar-refractivity contribution in [1.82, 2.24) is 14.3 Å². The van der Waals surface area contributed by atoms with Crippen molar-refractivity contribution in [2.75, 3.05) is 20.6 Å². The van der Waals surface area contributed by atoms with E-state index in [1.165, 1.54) is 20.3 Å². The molecule has 0 rings (SSSR count). The number of nitrogens with one attached hydrogen (secondary N) is 2. The highest BCUT2D eigenvalue weighted by Gasteiger charge is 2.16. The molecule has 2 N–H and O–H groups in total. The largest absolute Gasteiger partial charge is 0.444 e. The Bertz CT molecular complexity index is 541. The monoisotopic (exact) mass is 334 g/mol. The summed E-state index contributed by atoms with van der Waals surface area (Å²) < 4.78 is 31.7. The number of alkyl carbamates (subject to hydrolysis) is 1. The summed E-state index contributed by atoms with van der Waals surface area (Å²) in [5.74, 6) is 0. The van der Waals surface area contributed by atoms with Crippen LogP contribution in [0.2, 0.25) is 0 Å². The molecule has 0 saturated carbocycles. The lowest BCUT2D eigenvalue weighted by atomic mass is 10.2. The Labute approximate surface area is 132 Å². The Balaban J connectivity index is 4.88. The minimum absolute atomic E-state index is 0.0377. The molecule has 0 aromatic heterocycles. The first kappa shape index (κ1) is 20.4. The second kappa shape index (κ2) is 8.14. The molecular weight excluding hydrogens is 308 g/mol. The molecule has 8 nitrogen and oxygen atoms in total. The van der Waals surface area contributed by atoms with Gasteiger partial charge in [-0.25, -0.2) is 4.79 Å². The van der Waals surface area contributed by atoms with Gasteiger partial charge in [-0.2, -0.15) is 12.7 Å². The Morgan fingerprint density at radius 3 is 2.23 bits per heavy atom. The highest BCUT2D eigenvalue weighted by Crippen LogP contribution is 2.06. The van der Waals surface area contributed by atoms with Crippen LogP contribution in [0.25, 0.3) is 0 Å². The molecule has 0 spiro atoms. The van der Waals surface area contributed by atoms with Crippen molar-refractivity contribution in [3.63, 3.8) is 0 Å². The molecule has 9 heteroatoms. The quantitative estimate of drug-likeness (QED) is 0.713. The number of carbonyl (C=O) groups excluding carboxylic acids is 1. The highest BCUT2D eigenvalue weighted by atomic mass is 32.2. The number of hydrogen-bond donors (Lipinski definition) is 2. The van der Waals surface area contributed by atoms with E-state index in [4.69, 9.17) is 4.74 Å². The van der Waals surface area contributed by atoms with Gasteiger partial charge < -0.3 is 10.1 Å². The molecule has 0 aliphatic carbocycles. The molecule has 0 heterocycles. The highest BCUT2D eigenvalue weighted by molar-refractivity contribution is 7.87. The summed E-state index contributed by atoms with van der Waals surface area (Å²) in [4.78, 5) is 15.8. The van der Waals surface area contributed by atoms with Crippen molar-refractivity contribution in [2.24, 2.45) is 4.99 Å². The van der Waals surface area contributed by atoms with Crippen LogP contribution in [0.4, 0.5) is 4.79 Å². The lowest BCUT2D eigenvalue weighted by molar-refractivity contribution is 0.0532. The molecule has 0 radical (unpaired) electrons. The summed E-state index contributed by atoms with van der Waals surface area (Å²) in [6.45, 7) is 8.83. The van der Waals surface area contributed by atoms with Crippen LogP contribution in [0.15, 0.2) is 16.9 Å². The van der Waals surface area contributed by atoms with Gasteiger partial charge in [0.1, 0.15) is 5.60 Å². The van der Waals surface area contributed by atoms with Gasteiger partial charge in [-0.15, -0.1) is 0 Å². The van der Waals surface area contributed by atoms with Gasteiger partial charge >= 0.3 is 16.3 Å². The third-order valence-electron chi connectivity index (χ3n) is 2.04. The number of amides is 1. The zero-order chi connectivity index (χ0) is 17.6. The first-order chi connectivity index (χ1) is 9.83. The third-order valence-corrected chi connectivity index (χ3v) is 3.41. The minimum Gasteiger partial charge on any atom is -0.444 e. The fourth-order valence-electron chi connectivity index (χ4n) is 1.13. The molecule has 0 unspecified atom stereocenters. The maximum absolute atomic E-state index is 11.7. The first-order valence-corrected chi connectivity index (χ1v) is 8.15. The van der Waals surface area contributed by atoms with Crippen LogP contribution < -0.4 is 10.0 Å². The van der Waals surface area contributed by atoms with E-state index in [-0.39, 0.29) is 6.54 Å². The normalized spacial score (nSPS) is 12.8. The van der Waals surface area contributed by atoms with E-state index in [0.29, 0.717) is 5.70 Å². The molecule has 128 valence electrons. The summed E-state index contributed by atoms with van der Waals surface area (Å²) in [6.07, 6.45) is 0.637. The van der Waals surface area contributed by atoms with Gasteiger partial charge in [-0.3, -0.25) is 9.71 Å². The third kappa shape index (κ3) is 9.35. The Hall–Kier alpha value is -1.61.